The number of anilines is 1. The van der Waals surface area contributed by atoms with Crippen LogP contribution in [0.1, 0.15) is 55.1 Å². The molecule has 0 fully saturated rings. The number of Topliss-reactive ketones (excluding diaryl/α,β-unsaturated/α-hetero) is 1. The smallest absolute Gasteiger partial charge is 0.349 e. The zero-order valence-corrected chi connectivity index (χ0v) is 16.6. The van der Waals surface area contributed by atoms with Gasteiger partial charge in [0, 0.05) is 5.56 Å². The molecule has 3 aromatic rings. The Bertz CT molecular complexity index is 1070. The molecule has 0 radical (unpaired) electrons. The number of nitrogens with one attached hydrogen (secondary N) is 1. The largest absolute Gasteiger partial charge is 0.459 e. The molecule has 2 aromatic heterocycles. The molecular weight excluding hydrogens is 390 g/mol. The van der Waals surface area contributed by atoms with Gasteiger partial charge in [0.15, 0.2) is 11.9 Å². The maximum absolute atomic E-state index is 12.7. The number of carbonyl (C=O) groups is 3. The van der Waals surface area contributed by atoms with E-state index in [4.69, 9.17) is 9.15 Å². The maximum atomic E-state index is 12.7. The fourth-order valence-electron chi connectivity index (χ4n) is 3.33. The van der Waals surface area contributed by atoms with E-state index in [0.29, 0.717) is 15.4 Å². The van der Waals surface area contributed by atoms with E-state index in [1.165, 1.54) is 17.4 Å². The molecule has 6 nitrogen and oxygen atoms in total. The van der Waals surface area contributed by atoms with Crippen molar-refractivity contribution in [3.05, 3.63) is 76.1 Å². The molecule has 0 bridgehead atoms. The fraction of sp³-hybridized carbons (Fsp3) is 0.227. The summed E-state index contributed by atoms with van der Waals surface area (Å²) in [6.45, 7) is 1.57. The number of ether oxygens (including phenoxy) is 1. The number of esters is 1. The van der Waals surface area contributed by atoms with E-state index in [1.54, 1.807) is 37.3 Å². The van der Waals surface area contributed by atoms with Gasteiger partial charge in [-0.25, -0.2) is 4.79 Å². The van der Waals surface area contributed by atoms with Gasteiger partial charge in [0.05, 0.1) is 11.3 Å². The predicted molar refractivity (Wildman–Crippen MR) is 109 cm³/mol. The quantitative estimate of drug-likeness (QED) is 0.478. The molecule has 0 spiro atoms. The number of carbonyl (C=O) groups excluding carboxylic acids is 3. The summed E-state index contributed by atoms with van der Waals surface area (Å²) in [5.41, 5.74) is 3.04. The van der Waals surface area contributed by atoms with Gasteiger partial charge in [-0.05, 0) is 67.6 Å². The predicted octanol–water partition coefficient (Wildman–Crippen LogP) is 4.51. The van der Waals surface area contributed by atoms with Crippen molar-refractivity contribution in [2.45, 2.75) is 32.3 Å². The Balaban J connectivity index is 1.38. The van der Waals surface area contributed by atoms with E-state index in [1.807, 2.05) is 12.1 Å². The molecule has 0 saturated heterocycles. The van der Waals surface area contributed by atoms with E-state index >= 15 is 0 Å². The van der Waals surface area contributed by atoms with Crippen LogP contribution in [0.15, 0.2) is 53.1 Å². The van der Waals surface area contributed by atoms with Crippen LogP contribution in [0, 0.1) is 0 Å². The maximum Gasteiger partial charge on any atom is 0.349 e. The molecule has 1 aromatic carbocycles. The molecule has 0 aliphatic heterocycles. The molecule has 1 aliphatic carbocycles. The highest BCUT2D eigenvalue weighted by Gasteiger charge is 2.23. The third kappa shape index (κ3) is 4.14. The first kappa shape index (κ1) is 19.1. The monoisotopic (exact) mass is 409 g/mol. The van der Waals surface area contributed by atoms with Crippen molar-refractivity contribution < 1.29 is 23.5 Å². The highest BCUT2D eigenvalue weighted by atomic mass is 32.1. The van der Waals surface area contributed by atoms with Crippen LogP contribution in [-0.4, -0.2) is 23.8 Å². The van der Waals surface area contributed by atoms with Crippen molar-refractivity contribution in [3.8, 4) is 0 Å². The van der Waals surface area contributed by atoms with Gasteiger partial charge in [0.25, 0.3) is 5.91 Å². The Hall–Kier alpha value is -3.19. The molecular formula is C22H19NO5S. The van der Waals surface area contributed by atoms with Crippen LogP contribution >= 0.6 is 11.3 Å². The second-order valence-corrected chi connectivity index (χ2v) is 7.93. The number of aryl methyl sites for hydroxylation is 2. The summed E-state index contributed by atoms with van der Waals surface area (Å²) in [4.78, 5) is 37.4. The lowest BCUT2D eigenvalue weighted by Crippen LogP contribution is -2.24. The van der Waals surface area contributed by atoms with Gasteiger partial charge >= 0.3 is 5.97 Å². The normalized spacial score (nSPS) is 13.6. The first-order chi connectivity index (χ1) is 14.0. The van der Waals surface area contributed by atoms with Gasteiger partial charge in [0.1, 0.15) is 4.88 Å². The van der Waals surface area contributed by atoms with Gasteiger partial charge in [-0.2, -0.15) is 0 Å². The molecule has 2 heterocycles. The van der Waals surface area contributed by atoms with Crippen molar-refractivity contribution >= 4 is 34.0 Å². The highest BCUT2D eigenvalue weighted by molar-refractivity contribution is 7.18. The average molecular weight is 409 g/mol. The first-order valence-corrected chi connectivity index (χ1v) is 10.1. The number of thiophene rings is 1. The molecule has 0 saturated carbocycles. The molecule has 1 unspecified atom stereocenters. The Morgan fingerprint density at radius 3 is 2.72 bits per heavy atom. The lowest BCUT2D eigenvalue weighted by molar-refractivity contribution is 0.0323. The zero-order chi connectivity index (χ0) is 20.4. The van der Waals surface area contributed by atoms with E-state index in [-0.39, 0.29) is 11.5 Å². The number of hydrogen-bond acceptors (Lipinski definition) is 6. The lowest BCUT2D eigenvalue weighted by atomic mass is 10.0. The molecule has 4 rings (SSSR count). The first-order valence-electron chi connectivity index (χ1n) is 9.33. The van der Waals surface area contributed by atoms with Crippen LogP contribution in [0.2, 0.25) is 0 Å². The number of benzene rings is 1. The van der Waals surface area contributed by atoms with E-state index in [9.17, 15) is 14.4 Å². The summed E-state index contributed by atoms with van der Waals surface area (Å²) in [6.07, 6.45) is 3.64. The van der Waals surface area contributed by atoms with Gasteiger partial charge < -0.3 is 14.5 Å². The van der Waals surface area contributed by atoms with Gasteiger partial charge in [-0.15, -0.1) is 11.3 Å². The topological polar surface area (TPSA) is 85.6 Å². The van der Waals surface area contributed by atoms with Crippen LogP contribution in [0.3, 0.4) is 0 Å². The summed E-state index contributed by atoms with van der Waals surface area (Å²) >= 11 is 1.07. The van der Waals surface area contributed by atoms with Crippen molar-refractivity contribution in [2.24, 2.45) is 0 Å². The number of amides is 1. The summed E-state index contributed by atoms with van der Waals surface area (Å²) in [5.74, 6) is -1.06. The molecule has 148 valence electrons. The summed E-state index contributed by atoms with van der Waals surface area (Å²) in [5, 5.41) is 3.14. The molecule has 7 heteroatoms. The van der Waals surface area contributed by atoms with Gasteiger partial charge in [-0.1, -0.05) is 12.1 Å². The number of fused-ring (bicyclic) bond motifs is 1. The number of furan rings is 1. The molecule has 1 atom stereocenters. The number of hydrogen-bond donors (Lipinski definition) is 1. The Labute approximate surface area is 171 Å². The van der Waals surface area contributed by atoms with E-state index in [2.05, 4.69) is 5.32 Å². The molecule has 1 aliphatic rings. The van der Waals surface area contributed by atoms with Crippen molar-refractivity contribution in [1.82, 2.24) is 0 Å². The Morgan fingerprint density at radius 1 is 1.10 bits per heavy atom. The second-order valence-electron chi connectivity index (χ2n) is 6.84. The third-order valence-corrected chi connectivity index (χ3v) is 5.81. The summed E-state index contributed by atoms with van der Waals surface area (Å²) < 4.78 is 10.4. The molecule has 1 amide bonds. The number of rotatable bonds is 6. The van der Waals surface area contributed by atoms with Crippen molar-refractivity contribution in [1.29, 1.82) is 0 Å². The SMILES string of the molecule is CC(OC(=O)c1ccc(NC(=O)c2ccco2)s1)C(=O)c1ccc2c(c1)CCC2. The van der Waals surface area contributed by atoms with Crippen molar-refractivity contribution in [3.63, 3.8) is 0 Å². The van der Waals surface area contributed by atoms with Crippen molar-refractivity contribution in [2.75, 3.05) is 5.32 Å². The minimum atomic E-state index is -0.898. The van der Waals surface area contributed by atoms with Crippen LogP contribution in [0.5, 0.6) is 0 Å². The summed E-state index contributed by atoms with van der Waals surface area (Å²) in [7, 11) is 0. The minimum Gasteiger partial charge on any atom is -0.459 e. The van der Waals surface area contributed by atoms with E-state index in [0.717, 1.165) is 30.6 Å². The molecule has 1 N–H and O–H groups in total. The Morgan fingerprint density at radius 2 is 1.93 bits per heavy atom. The van der Waals surface area contributed by atoms with Crippen LogP contribution < -0.4 is 5.32 Å². The zero-order valence-electron chi connectivity index (χ0n) is 15.8. The fourth-order valence-corrected chi connectivity index (χ4v) is 4.11. The lowest BCUT2D eigenvalue weighted by Gasteiger charge is -2.12. The molecule has 29 heavy (non-hydrogen) atoms. The minimum absolute atomic E-state index is 0.177. The highest BCUT2D eigenvalue weighted by Crippen LogP contribution is 2.25. The van der Waals surface area contributed by atoms with Crippen LogP contribution in [-0.2, 0) is 17.6 Å². The Kier molecular flexibility index (Phi) is 5.31. The van der Waals surface area contributed by atoms with E-state index < -0.39 is 18.0 Å². The number of ketones is 1. The van der Waals surface area contributed by atoms with Crippen LogP contribution in [0.25, 0.3) is 0 Å². The summed E-state index contributed by atoms with van der Waals surface area (Å²) in [6, 6.07) is 12.0. The second kappa shape index (κ2) is 8.05. The third-order valence-electron chi connectivity index (χ3n) is 4.82. The standard InChI is InChI=1S/C22H19NO5S/c1-13(20(24)16-8-7-14-4-2-5-15(14)12-16)28-22(26)18-9-10-19(29-18)23-21(25)17-6-3-11-27-17/h3,6-13H,2,4-5H2,1H3,(H,23,25). The van der Waals surface area contributed by atoms with Gasteiger partial charge in [-0.3, -0.25) is 9.59 Å². The van der Waals surface area contributed by atoms with Crippen LogP contribution in [0.4, 0.5) is 5.00 Å². The van der Waals surface area contributed by atoms with Gasteiger partial charge in [0.2, 0.25) is 5.78 Å². The average Bonchev–Trinajstić information content (AvgIpc) is 3.47.